The lowest BCUT2D eigenvalue weighted by Gasteiger charge is -2.08. The fourth-order valence-corrected chi connectivity index (χ4v) is 2.96. The predicted octanol–water partition coefficient (Wildman–Crippen LogP) is 3.16. The number of anilines is 1. The lowest BCUT2D eigenvalue weighted by atomic mass is 10.1. The van der Waals surface area contributed by atoms with Crippen LogP contribution >= 0.6 is 0 Å². The Morgan fingerprint density at radius 2 is 1.78 bits per heavy atom. The van der Waals surface area contributed by atoms with Gasteiger partial charge in [-0.2, -0.15) is 0 Å². The minimum atomic E-state index is -0.315. The Morgan fingerprint density at radius 1 is 1.07 bits per heavy atom. The molecule has 27 heavy (non-hydrogen) atoms. The number of nitrogens with one attached hydrogen (secondary N) is 2. The number of carbonyl (C=O) groups is 2. The summed E-state index contributed by atoms with van der Waals surface area (Å²) >= 11 is 0. The maximum absolute atomic E-state index is 13.6. The summed E-state index contributed by atoms with van der Waals surface area (Å²) in [5.41, 5.74) is 1.24. The third kappa shape index (κ3) is 5.06. The second-order valence-corrected chi connectivity index (χ2v) is 6.53. The van der Waals surface area contributed by atoms with E-state index in [4.69, 9.17) is 4.74 Å². The van der Waals surface area contributed by atoms with Gasteiger partial charge in [-0.05, 0) is 55.7 Å². The van der Waals surface area contributed by atoms with E-state index < -0.39 is 0 Å². The van der Waals surface area contributed by atoms with Crippen LogP contribution in [0.25, 0.3) is 0 Å². The Hall–Kier alpha value is -2.89. The second kappa shape index (κ2) is 8.66. The zero-order valence-electron chi connectivity index (χ0n) is 15.2. The van der Waals surface area contributed by atoms with Gasteiger partial charge in [-0.25, -0.2) is 4.39 Å². The van der Waals surface area contributed by atoms with E-state index in [1.165, 1.54) is 6.07 Å². The molecule has 2 atom stereocenters. The summed E-state index contributed by atoms with van der Waals surface area (Å²) < 4.78 is 18.9. The molecule has 0 radical (unpaired) electrons. The van der Waals surface area contributed by atoms with Crippen molar-refractivity contribution in [3.63, 3.8) is 0 Å². The molecule has 3 rings (SSSR count). The Bertz CT molecular complexity index is 807. The lowest BCUT2D eigenvalue weighted by Crippen LogP contribution is -2.29. The molecule has 1 aliphatic rings. The van der Waals surface area contributed by atoms with Crippen molar-refractivity contribution < 1.29 is 18.7 Å². The Kier molecular flexibility index (Phi) is 6.06. The van der Waals surface area contributed by atoms with Crippen LogP contribution < -0.4 is 15.4 Å². The molecule has 0 aliphatic heterocycles. The van der Waals surface area contributed by atoms with Crippen LogP contribution in [-0.4, -0.2) is 25.0 Å². The first kappa shape index (κ1) is 18.9. The fraction of sp³-hybridized carbons (Fsp3) is 0.333. The second-order valence-electron chi connectivity index (χ2n) is 6.53. The van der Waals surface area contributed by atoms with Gasteiger partial charge in [-0.15, -0.1) is 0 Å². The number of halogens is 1. The first-order valence-electron chi connectivity index (χ1n) is 9.13. The zero-order chi connectivity index (χ0) is 19.2. The van der Waals surface area contributed by atoms with E-state index in [2.05, 4.69) is 10.6 Å². The molecule has 2 aromatic rings. The van der Waals surface area contributed by atoms with Gasteiger partial charge in [-0.1, -0.05) is 18.2 Å². The standard InChI is InChI=1S/C21H23FN2O3/c1-2-27-16-9-7-15(8-10-16)24-21(26)18-13-17(18)20(25)23-12-11-14-5-3-4-6-19(14)22/h3-10,17-18H,2,11-13H2,1H3,(H,23,25)(H,24,26). The molecule has 5 nitrogen and oxygen atoms in total. The third-order valence-electron chi connectivity index (χ3n) is 4.55. The van der Waals surface area contributed by atoms with Crippen molar-refractivity contribution in [1.82, 2.24) is 5.32 Å². The van der Waals surface area contributed by atoms with Gasteiger partial charge in [0, 0.05) is 12.2 Å². The van der Waals surface area contributed by atoms with Crippen LogP contribution in [0, 0.1) is 17.7 Å². The van der Waals surface area contributed by atoms with Crippen molar-refractivity contribution in [1.29, 1.82) is 0 Å². The van der Waals surface area contributed by atoms with Crippen LogP contribution in [-0.2, 0) is 16.0 Å². The summed E-state index contributed by atoms with van der Waals surface area (Å²) in [5, 5.41) is 5.61. The van der Waals surface area contributed by atoms with Crippen LogP contribution in [0.15, 0.2) is 48.5 Å². The molecule has 0 spiro atoms. The molecule has 0 bridgehead atoms. The Morgan fingerprint density at radius 3 is 2.48 bits per heavy atom. The molecule has 1 aliphatic carbocycles. The van der Waals surface area contributed by atoms with Gasteiger partial charge < -0.3 is 15.4 Å². The lowest BCUT2D eigenvalue weighted by molar-refractivity contribution is -0.125. The van der Waals surface area contributed by atoms with Crippen molar-refractivity contribution in [2.45, 2.75) is 19.8 Å². The molecule has 6 heteroatoms. The third-order valence-corrected chi connectivity index (χ3v) is 4.55. The van der Waals surface area contributed by atoms with Crippen LogP contribution in [0.2, 0.25) is 0 Å². The summed E-state index contributed by atoms with van der Waals surface area (Å²) in [6, 6.07) is 13.6. The average molecular weight is 370 g/mol. The highest BCUT2D eigenvalue weighted by atomic mass is 19.1. The van der Waals surface area contributed by atoms with Gasteiger partial charge in [0.05, 0.1) is 18.4 Å². The summed E-state index contributed by atoms with van der Waals surface area (Å²) in [6.07, 6.45) is 0.961. The number of hydrogen-bond acceptors (Lipinski definition) is 3. The summed E-state index contributed by atoms with van der Waals surface area (Å²) in [5.74, 6) is -0.468. The minimum Gasteiger partial charge on any atom is -0.494 e. The van der Waals surface area contributed by atoms with Gasteiger partial charge >= 0.3 is 0 Å². The number of amides is 2. The highest BCUT2D eigenvalue weighted by Gasteiger charge is 2.47. The summed E-state index contributed by atoms with van der Waals surface area (Å²) in [7, 11) is 0. The van der Waals surface area contributed by atoms with Gasteiger partial charge in [-0.3, -0.25) is 9.59 Å². The topological polar surface area (TPSA) is 67.4 Å². The largest absolute Gasteiger partial charge is 0.494 e. The first-order chi connectivity index (χ1) is 13.1. The van der Waals surface area contributed by atoms with E-state index in [0.717, 1.165) is 5.75 Å². The SMILES string of the molecule is CCOc1ccc(NC(=O)C2CC2C(=O)NCCc2ccccc2F)cc1. The number of rotatable bonds is 8. The molecule has 2 amide bonds. The number of ether oxygens (including phenoxy) is 1. The summed E-state index contributed by atoms with van der Waals surface area (Å²) in [6.45, 7) is 2.84. The van der Waals surface area contributed by atoms with Gasteiger partial charge in [0.15, 0.2) is 0 Å². The monoisotopic (exact) mass is 370 g/mol. The van der Waals surface area contributed by atoms with Crippen LogP contribution in [0.1, 0.15) is 18.9 Å². The average Bonchev–Trinajstić information content (AvgIpc) is 3.46. The van der Waals surface area contributed by atoms with Gasteiger partial charge in [0.1, 0.15) is 11.6 Å². The quantitative estimate of drug-likeness (QED) is 0.750. The van der Waals surface area contributed by atoms with E-state index in [9.17, 15) is 14.0 Å². The molecule has 2 unspecified atom stereocenters. The van der Waals surface area contributed by atoms with E-state index in [1.807, 2.05) is 6.92 Å². The smallest absolute Gasteiger partial charge is 0.228 e. The minimum absolute atomic E-state index is 0.154. The van der Waals surface area contributed by atoms with E-state index in [-0.39, 0.29) is 29.5 Å². The van der Waals surface area contributed by atoms with Crippen LogP contribution in [0.5, 0.6) is 5.75 Å². The van der Waals surface area contributed by atoms with Crippen LogP contribution in [0.4, 0.5) is 10.1 Å². The van der Waals surface area contributed by atoms with E-state index in [0.29, 0.717) is 37.2 Å². The molecule has 0 aromatic heterocycles. The molecule has 0 saturated heterocycles. The molecule has 1 saturated carbocycles. The zero-order valence-corrected chi connectivity index (χ0v) is 15.2. The molecule has 1 fully saturated rings. The van der Waals surface area contributed by atoms with E-state index in [1.54, 1.807) is 42.5 Å². The number of hydrogen-bond donors (Lipinski definition) is 2. The van der Waals surface area contributed by atoms with Gasteiger partial charge in [0.25, 0.3) is 0 Å². The molecule has 0 heterocycles. The summed E-state index contributed by atoms with van der Waals surface area (Å²) in [4.78, 5) is 24.4. The fourth-order valence-electron chi connectivity index (χ4n) is 2.96. The molecule has 2 N–H and O–H groups in total. The predicted molar refractivity (Wildman–Crippen MR) is 101 cm³/mol. The molecule has 142 valence electrons. The Labute approximate surface area is 157 Å². The highest BCUT2D eigenvalue weighted by molar-refractivity contribution is 5.99. The van der Waals surface area contributed by atoms with Crippen molar-refractivity contribution in [3.8, 4) is 5.75 Å². The van der Waals surface area contributed by atoms with Crippen molar-refractivity contribution in [3.05, 3.63) is 59.9 Å². The molecular formula is C21H23FN2O3. The van der Waals surface area contributed by atoms with Crippen LogP contribution in [0.3, 0.4) is 0 Å². The molecular weight excluding hydrogens is 347 g/mol. The first-order valence-corrected chi connectivity index (χ1v) is 9.13. The number of carbonyl (C=O) groups excluding carboxylic acids is 2. The Balaban J connectivity index is 1.42. The van der Waals surface area contributed by atoms with Crippen molar-refractivity contribution >= 4 is 17.5 Å². The van der Waals surface area contributed by atoms with Crippen molar-refractivity contribution in [2.75, 3.05) is 18.5 Å². The maximum Gasteiger partial charge on any atom is 0.228 e. The van der Waals surface area contributed by atoms with Gasteiger partial charge in [0.2, 0.25) is 11.8 Å². The normalized spacial score (nSPS) is 17.9. The highest BCUT2D eigenvalue weighted by Crippen LogP contribution is 2.39. The number of benzene rings is 2. The van der Waals surface area contributed by atoms with E-state index >= 15 is 0 Å². The maximum atomic E-state index is 13.6. The van der Waals surface area contributed by atoms with Crippen molar-refractivity contribution in [2.24, 2.45) is 11.8 Å². The molecule has 2 aromatic carbocycles.